The fourth-order valence-electron chi connectivity index (χ4n) is 1.23. The molecule has 2 aromatic rings. The van der Waals surface area contributed by atoms with Crippen molar-refractivity contribution in [2.75, 3.05) is 0 Å². The van der Waals surface area contributed by atoms with Crippen molar-refractivity contribution in [1.29, 1.82) is 0 Å². The number of hydrogen-bond acceptors (Lipinski definition) is 5. The van der Waals surface area contributed by atoms with Crippen molar-refractivity contribution < 1.29 is 13.9 Å². The normalized spacial score (nSPS) is 10.1. The van der Waals surface area contributed by atoms with E-state index < -0.39 is 5.97 Å². The van der Waals surface area contributed by atoms with Crippen molar-refractivity contribution in [3.8, 4) is 17.3 Å². The zero-order chi connectivity index (χ0) is 11.5. The van der Waals surface area contributed by atoms with E-state index in [9.17, 15) is 4.79 Å². The molecule has 5 nitrogen and oxygen atoms in total. The molecule has 0 unspecified atom stereocenters. The molecule has 0 bridgehead atoms. The number of carbonyl (C=O) groups excluding carboxylic acids is 1. The summed E-state index contributed by atoms with van der Waals surface area (Å²) in [4.78, 5) is 18.8. The maximum absolute atomic E-state index is 10.8. The van der Waals surface area contributed by atoms with E-state index in [-0.39, 0.29) is 5.88 Å². The molecule has 0 saturated carbocycles. The molecule has 16 heavy (non-hydrogen) atoms. The molecule has 0 N–H and O–H groups in total. The van der Waals surface area contributed by atoms with Crippen LogP contribution >= 0.6 is 0 Å². The zero-order valence-electron chi connectivity index (χ0n) is 8.93. The smallest absolute Gasteiger partial charge is 0.309 e. The zero-order valence-corrected chi connectivity index (χ0v) is 8.93. The minimum Gasteiger partial charge on any atom is -0.437 e. The molecule has 2 aromatic heterocycles. The Morgan fingerprint density at radius 1 is 1.50 bits per heavy atom. The van der Waals surface area contributed by atoms with Crippen molar-refractivity contribution in [2.45, 2.75) is 13.8 Å². The molecule has 0 saturated heterocycles. The molecule has 0 amide bonds. The molecular weight excluding hydrogens is 208 g/mol. The maximum atomic E-state index is 10.8. The van der Waals surface area contributed by atoms with Gasteiger partial charge in [-0.15, -0.1) is 0 Å². The maximum Gasteiger partial charge on any atom is 0.309 e. The third kappa shape index (κ3) is 2.08. The summed E-state index contributed by atoms with van der Waals surface area (Å²) >= 11 is 0. The summed E-state index contributed by atoms with van der Waals surface area (Å²) in [6, 6.07) is 3.59. The van der Waals surface area contributed by atoms with Crippen molar-refractivity contribution in [1.82, 2.24) is 9.97 Å². The van der Waals surface area contributed by atoms with E-state index in [2.05, 4.69) is 9.97 Å². The average molecular weight is 218 g/mol. The van der Waals surface area contributed by atoms with Gasteiger partial charge in [0.15, 0.2) is 5.76 Å². The number of pyridine rings is 1. The molecule has 0 aliphatic heterocycles. The van der Waals surface area contributed by atoms with Crippen LogP contribution in [0.2, 0.25) is 0 Å². The van der Waals surface area contributed by atoms with Crippen LogP contribution in [0.4, 0.5) is 0 Å². The van der Waals surface area contributed by atoms with Gasteiger partial charge in [0, 0.05) is 19.3 Å². The minimum atomic E-state index is -0.422. The SMILES string of the molecule is CC(=O)Oc1nc(-c2cccnc2)oc1C. The number of oxazole rings is 1. The van der Waals surface area contributed by atoms with Crippen LogP contribution in [0, 0.1) is 6.92 Å². The molecule has 0 aliphatic carbocycles. The highest BCUT2D eigenvalue weighted by atomic mass is 16.6. The predicted molar refractivity (Wildman–Crippen MR) is 55.8 cm³/mol. The standard InChI is InChI=1S/C11H10N2O3/c1-7-10(16-8(2)14)13-11(15-7)9-4-3-5-12-6-9/h3-6H,1-2H3. The van der Waals surface area contributed by atoms with Gasteiger partial charge in [-0.25, -0.2) is 0 Å². The lowest BCUT2D eigenvalue weighted by atomic mass is 10.3. The third-order valence-electron chi connectivity index (χ3n) is 1.90. The highest BCUT2D eigenvalue weighted by molar-refractivity contribution is 5.69. The highest BCUT2D eigenvalue weighted by Gasteiger charge is 2.13. The van der Waals surface area contributed by atoms with E-state index >= 15 is 0 Å². The summed E-state index contributed by atoms with van der Waals surface area (Å²) < 4.78 is 10.3. The predicted octanol–water partition coefficient (Wildman–Crippen LogP) is 1.97. The van der Waals surface area contributed by atoms with Gasteiger partial charge in [0.25, 0.3) is 5.88 Å². The van der Waals surface area contributed by atoms with Crippen molar-refractivity contribution in [3.05, 3.63) is 30.3 Å². The number of rotatable bonds is 2. The van der Waals surface area contributed by atoms with E-state index in [0.29, 0.717) is 11.7 Å². The van der Waals surface area contributed by atoms with Crippen LogP contribution in [0.5, 0.6) is 5.88 Å². The minimum absolute atomic E-state index is 0.200. The Morgan fingerprint density at radius 2 is 2.31 bits per heavy atom. The molecule has 0 aromatic carbocycles. The Morgan fingerprint density at radius 3 is 2.94 bits per heavy atom. The highest BCUT2D eigenvalue weighted by Crippen LogP contribution is 2.25. The molecule has 2 heterocycles. The van der Waals surface area contributed by atoms with E-state index in [1.807, 2.05) is 6.07 Å². The lowest BCUT2D eigenvalue weighted by molar-refractivity contribution is -0.132. The summed E-state index contributed by atoms with van der Waals surface area (Å²) in [6.07, 6.45) is 3.29. The first-order valence-corrected chi connectivity index (χ1v) is 4.73. The number of ether oxygens (including phenoxy) is 1. The average Bonchev–Trinajstić information content (AvgIpc) is 2.61. The third-order valence-corrected chi connectivity index (χ3v) is 1.90. The summed E-state index contributed by atoms with van der Waals surface area (Å²) in [5, 5.41) is 0. The summed E-state index contributed by atoms with van der Waals surface area (Å²) in [5.41, 5.74) is 0.740. The van der Waals surface area contributed by atoms with Crippen LogP contribution in [0.1, 0.15) is 12.7 Å². The van der Waals surface area contributed by atoms with E-state index in [4.69, 9.17) is 9.15 Å². The number of aromatic nitrogens is 2. The van der Waals surface area contributed by atoms with Crippen LogP contribution in [-0.4, -0.2) is 15.9 Å². The number of nitrogens with zero attached hydrogens (tertiary/aromatic N) is 2. The number of esters is 1. The topological polar surface area (TPSA) is 65.2 Å². The second kappa shape index (κ2) is 4.14. The second-order valence-corrected chi connectivity index (χ2v) is 3.22. The van der Waals surface area contributed by atoms with E-state index in [1.165, 1.54) is 6.92 Å². The van der Waals surface area contributed by atoms with Crippen LogP contribution in [0.25, 0.3) is 11.5 Å². The Bertz CT molecular complexity index is 505. The number of aryl methyl sites for hydroxylation is 1. The molecule has 0 fully saturated rings. The molecule has 82 valence electrons. The fraction of sp³-hybridized carbons (Fsp3) is 0.182. The Labute approximate surface area is 92.1 Å². The molecule has 2 rings (SSSR count). The molecular formula is C11H10N2O3. The lowest BCUT2D eigenvalue weighted by Gasteiger charge is -1.93. The second-order valence-electron chi connectivity index (χ2n) is 3.22. The van der Waals surface area contributed by atoms with Gasteiger partial charge < -0.3 is 9.15 Å². The van der Waals surface area contributed by atoms with Crippen LogP contribution in [0.15, 0.2) is 28.9 Å². The van der Waals surface area contributed by atoms with Gasteiger partial charge in [0.05, 0.1) is 5.56 Å². The molecule has 0 atom stereocenters. The van der Waals surface area contributed by atoms with Gasteiger partial charge in [0.1, 0.15) is 0 Å². The van der Waals surface area contributed by atoms with E-state index in [1.54, 1.807) is 25.4 Å². The Balaban J connectivity index is 2.34. The van der Waals surface area contributed by atoms with Crippen LogP contribution in [-0.2, 0) is 4.79 Å². The Kier molecular flexibility index (Phi) is 2.68. The van der Waals surface area contributed by atoms with E-state index in [0.717, 1.165) is 5.56 Å². The lowest BCUT2D eigenvalue weighted by Crippen LogP contribution is -2.02. The first-order chi connectivity index (χ1) is 7.66. The van der Waals surface area contributed by atoms with Crippen LogP contribution < -0.4 is 4.74 Å². The van der Waals surface area contributed by atoms with Gasteiger partial charge >= 0.3 is 5.97 Å². The van der Waals surface area contributed by atoms with Gasteiger partial charge in [-0.2, -0.15) is 4.98 Å². The summed E-state index contributed by atoms with van der Waals surface area (Å²) in [7, 11) is 0. The van der Waals surface area contributed by atoms with Crippen molar-refractivity contribution >= 4 is 5.97 Å². The van der Waals surface area contributed by atoms with Crippen molar-refractivity contribution in [2.24, 2.45) is 0 Å². The van der Waals surface area contributed by atoms with Gasteiger partial charge in [-0.3, -0.25) is 9.78 Å². The van der Waals surface area contributed by atoms with Crippen LogP contribution in [0.3, 0.4) is 0 Å². The molecule has 0 radical (unpaired) electrons. The first kappa shape index (κ1) is 10.4. The first-order valence-electron chi connectivity index (χ1n) is 4.73. The van der Waals surface area contributed by atoms with Gasteiger partial charge in [-0.1, -0.05) is 0 Å². The molecule has 5 heteroatoms. The van der Waals surface area contributed by atoms with Gasteiger partial charge in [0.2, 0.25) is 5.89 Å². The summed E-state index contributed by atoms with van der Waals surface area (Å²) in [6.45, 7) is 3.00. The monoisotopic (exact) mass is 218 g/mol. The number of carbonyl (C=O) groups is 1. The molecule has 0 spiro atoms. The fourth-order valence-corrected chi connectivity index (χ4v) is 1.23. The Hall–Kier alpha value is -2.17. The summed E-state index contributed by atoms with van der Waals surface area (Å²) in [5.74, 6) is 0.636. The molecule has 0 aliphatic rings. The van der Waals surface area contributed by atoms with Gasteiger partial charge in [-0.05, 0) is 19.1 Å². The van der Waals surface area contributed by atoms with Crippen molar-refractivity contribution in [3.63, 3.8) is 0 Å². The quantitative estimate of drug-likeness (QED) is 0.721. The number of hydrogen-bond donors (Lipinski definition) is 0. The largest absolute Gasteiger partial charge is 0.437 e.